The SMILES string of the molecule is CCCCC(CC)C(=O)c1cc(C)c(Cl)s1. The largest absolute Gasteiger partial charge is 0.293 e. The number of ketones is 1. The van der Waals surface area contributed by atoms with Crippen molar-refractivity contribution in [1.82, 2.24) is 0 Å². The molecule has 0 aliphatic carbocycles. The monoisotopic (exact) mass is 258 g/mol. The minimum Gasteiger partial charge on any atom is -0.293 e. The molecule has 1 heterocycles. The molecule has 3 heteroatoms. The average molecular weight is 259 g/mol. The van der Waals surface area contributed by atoms with Crippen LogP contribution in [0.25, 0.3) is 0 Å². The van der Waals surface area contributed by atoms with Gasteiger partial charge in [0.05, 0.1) is 9.21 Å². The number of halogens is 1. The Morgan fingerprint density at radius 1 is 1.50 bits per heavy atom. The van der Waals surface area contributed by atoms with E-state index < -0.39 is 0 Å². The van der Waals surface area contributed by atoms with Gasteiger partial charge in [0.2, 0.25) is 0 Å². The van der Waals surface area contributed by atoms with Crippen LogP contribution in [-0.2, 0) is 0 Å². The molecular formula is C13H19ClOS. The molecule has 16 heavy (non-hydrogen) atoms. The fourth-order valence-corrected chi connectivity index (χ4v) is 2.97. The van der Waals surface area contributed by atoms with Gasteiger partial charge >= 0.3 is 0 Å². The number of thiophene rings is 1. The van der Waals surface area contributed by atoms with Gasteiger partial charge in [-0.05, 0) is 31.4 Å². The quantitative estimate of drug-likeness (QED) is 0.648. The van der Waals surface area contributed by atoms with Gasteiger partial charge in [0, 0.05) is 5.92 Å². The second-order valence-corrected chi connectivity index (χ2v) is 5.83. The highest BCUT2D eigenvalue weighted by Gasteiger charge is 2.20. The van der Waals surface area contributed by atoms with Gasteiger partial charge in [-0.2, -0.15) is 0 Å². The van der Waals surface area contributed by atoms with Crippen molar-refractivity contribution in [2.45, 2.75) is 46.5 Å². The van der Waals surface area contributed by atoms with Crippen LogP contribution >= 0.6 is 22.9 Å². The fourth-order valence-electron chi connectivity index (χ4n) is 1.75. The lowest BCUT2D eigenvalue weighted by atomic mass is 9.94. The molecule has 90 valence electrons. The standard InChI is InChI=1S/C13H19ClOS/c1-4-6-7-10(5-2)12(15)11-8-9(3)13(14)16-11/h8,10H,4-7H2,1-3H3. The molecule has 1 rings (SSSR count). The molecular weight excluding hydrogens is 240 g/mol. The molecule has 0 aliphatic heterocycles. The van der Waals surface area contributed by atoms with E-state index in [-0.39, 0.29) is 11.7 Å². The Hall–Kier alpha value is -0.340. The van der Waals surface area contributed by atoms with Crippen molar-refractivity contribution in [1.29, 1.82) is 0 Å². The molecule has 0 radical (unpaired) electrons. The lowest BCUT2D eigenvalue weighted by Gasteiger charge is -2.11. The van der Waals surface area contributed by atoms with Crippen molar-refractivity contribution >= 4 is 28.7 Å². The van der Waals surface area contributed by atoms with E-state index in [9.17, 15) is 4.79 Å². The number of hydrogen-bond acceptors (Lipinski definition) is 2. The molecule has 0 aromatic carbocycles. The highest BCUT2D eigenvalue weighted by molar-refractivity contribution is 7.18. The predicted molar refractivity (Wildman–Crippen MR) is 71.7 cm³/mol. The lowest BCUT2D eigenvalue weighted by Crippen LogP contribution is -2.12. The first-order valence-corrected chi connectivity index (χ1v) is 7.09. The van der Waals surface area contributed by atoms with E-state index >= 15 is 0 Å². The molecule has 0 fully saturated rings. The van der Waals surface area contributed by atoms with Crippen LogP contribution in [0.1, 0.15) is 54.8 Å². The van der Waals surface area contributed by atoms with E-state index in [1.54, 1.807) is 0 Å². The molecule has 0 bridgehead atoms. The highest BCUT2D eigenvalue weighted by Crippen LogP contribution is 2.30. The summed E-state index contributed by atoms with van der Waals surface area (Å²) in [7, 11) is 0. The fraction of sp³-hybridized carbons (Fsp3) is 0.615. The van der Waals surface area contributed by atoms with E-state index in [0.717, 1.165) is 40.5 Å². The average Bonchev–Trinajstić information content (AvgIpc) is 2.60. The predicted octanol–water partition coefficient (Wildman–Crippen LogP) is 5.11. The first-order valence-electron chi connectivity index (χ1n) is 5.90. The molecule has 1 nitrogen and oxygen atoms in total. The topological polar surface area (TPSA) is 17.1 Å². The van der Waals surface area contributed by atoms with Crippen molar-refractivity contribution in [2.75, 3.05) is 0 Å². The summed E-state index contributed by atoms with van der Waals surface area (Å²) in [6.07, 6.45) is 4.20. The Morgan fingerprint density at radius 3 is 2.62 bits per heavy atom. The van der Waals surface area contributed by atoms with Crippen LogP contribution in [0, 0.1) is 12.8 Å². The van der Waals surface area contributed by atoms with Gasteiger partial charge in [0.15, 0.2) is 5.78 Å². The summed E-state index contributed by atoms with van der Waals surface area (Å²) in [4.78, 5) is 13.0. The summed E-state index contributed by atoms with van der Waals surface area (Å²) >= 11 is 7.41. The molecule has 1 aromatic rings. The van der Waals surface area contributed by atoms with Gasteiger partial charge in [0.1, 0.15) is 0 Å². The van der Waals surface area contributed by atoms with Crippen LogP contribution in [0.3, 0.4) is 0 Å². The summed E-state index contributed by atoms with van der Waals surface area (Å²) in [5, 5.41) is 0. The van der Waals surface area contributed by atoms with Gasteiger partial charge in [0.25, 0.3) is 0 Å². The van der Waals surface area contributed by atoms with Crippen LogP contribution in [0.15, 0.2) is 6.07 Å². The third kappa shape index (κ3) is 3.33. The lowest BCUT2D eigenvalue weighted by molar-refractivity contribution is 0.0912. The molecule has 0 spiro atoms. The smallest absolute Gasteiger partial charge is 0.175 e. The van der Waals surface area contributed by atoms with E-state index in [1.807, 2.05) is 13.0 Å². The van der Waals surface area contributed by atoms with Crippen molar-refractivity contribution in [3.05, 3.63) is 20.8 Å². The van der Waals surface area contributed by atoms with Crippen molar-refractivity contribution in [3.8, 4) is 0 Å². The number of hydrogen-bond donors (Lipinski definition) is 0. The van der Waals surface area contributed by atoms with Crippen LogP contribution in [-0.4, -0.2) is 5.78 Å². The second kappa shape index (κ2) is 6.41. The Labute approximate surface area is 107 Å². The summed E-state index contributed by atoms with van der Waals surface area (Å²) in [6, 6.07) is 1.92. The number of Topliss-reactive ketones (excluding diaryl/α,β-unsaturated/α-hetero) is 1. The zero-order valence-electron chi connectivity index (χ0n) is 10.2. The van der Waals surface area contributed by atoms with Gasteiger partial charge in [-0.1, -0.05) is 38.3 Å². The molecule has 0 saturated heterocycles. The summed E-state index contributed by atoms with van der Waals surface area (Å²) in [6.45, 7) is 6.19. The van der Waals surface area contributed by atoms with Crippen LogP contribution in [0.4, 0.5) is 0 Å². The molecule has 1 unspecified atom stereocenters. The van der Waals surface area contributed by atoms with E-state index in [0.29, 0.717) is 0 Å². The third-order valence-electron chi connectivity index (χ3n) is 2.87. The molecule has 0 aliphatic rings. The molecule has 0 N–H and O–H groups in total. The number of unbranched alkanes of at least 4 members (excludes halogenated alkanes) is 1. The molecule has 0 saturated carbocycles. The maximum absolute atomic E-state index is 12.2. The van der Waals surface area contributed by atoms with Crippen LogP contribution < -0.4 is 0 Å². The highest BCUT2D eigenvalue weighted by atomic mass is 35.5. The van der Waals surface area contributed by atoms with Crippen LogP contribution in [0.5, 0.6) is 0 Å². The van der Waals surface area contributed by atoms with E-state index in [1.165, 1.54) is 11.3 Å². The van der Waals surface area contributed by atoms with Gasteiger partial charge in [-0.15, -0.1) is 11.3 Å². The Balaban J connectivity index is 2.74. The molecule has 0 amide bonds. The normalized spacial score (nSPS) is 12.8. The Bertz CT molecular complexity index is 337. The maximum atomic E-state index is 12.2. The number of carbonyl (C=O) groups is 1. The Morgan fingerprint density at radius 2 is 2.19 bits per heavy atom. The molecule has 1 atom stereocenters. The van der Waals surface area contributed by atoms with E-state index in [4.69, 9.17) is 11.6 Å². The number of aryl methyl sites for hydroxylation is 1. The van der Waals surface area contributed by atoms with Crippen molar-refractivity contribution in [3.63, 3.8) is 0 Å². The van der Waals surface area contributed by atoms with Gasteiger partial charge in [-0.25, -0.2) is 0 Å². The second-order valence-electron chi connectivity index (χ2n) is 4.18. The van der Waals surface area contributed by atoms with Crippen molar-refractivity contribution < 1.29 is 4.79 Å². The summed E-state index contributed by atoms with van der Waals surface area (Å²) in [5.41, 5.74) is 1.01. The third-order valence-corrected chi connectivity index (χ3v) is 4.44. The minimum absolute atomic E-state index is 0.175. The van der Waals surface area contributed by atoms with Gasteiger partial charge < -0.3 is 0 Å². The van der Waals surface area contributed by atoms with Crippen molar-refractivity contribution in [2.24, 2.45) is 5.92 Å². The molecule has 1 aromatic heterocycles. The van der Waals surface area contributed by atoms with Gasteiger partial charge in [-0.3, -0.25) is 4.79 Å². The summed E-state index contributed by atoms with van der Waals surface area (Å²) in [5.74, 6) is 0.449. The van der Waals surface area contributed by atoms with Crippen LogP contribution in [0.2, 0.25) is 4.34 Å². The zero-order chi connectivity index (χ0) is 12.1. The zero-order valence-corrected chi connectivity index (χ0v) is 11.8. The summed E-state index contributed by atoms with van der Waals surface area (Å²) < 4.78 is 0.744. The Kier molecular flexibility index (Phi) is 5.50. The number of carbonyl (C=O) groups excluding carboxylic acids is 1. The first-order chi connectivity index (χ1) is 7.60. The first kappa shape index (κ1) is 13.7. The maximum Gasteiger partial charge on any atom is 0.175 e. The number of rotatable bonds is 6. The minimum atomic E-state index is 0.175. The van der Waals surface area contributed by atoms with E-state index in [2.05, 4.69) is 13.8 Å².